The van der Waals surface area contributed by atoms with E-state index in [0.717, 1.165) is 45.4 Å². The topological polar surface area (TPSA) is 23.6 Å². The molecule has 1 saturated heterocycles. The molecule has 21 heavy (non-hydrogen) atoms. The maximum Gasteiger partial charge on any atom is 0.127 e. The van der Waals surface area contributed by atoms with Gasteiger partial charge in [0.15, 0.2) is 0 Å². The van der Waals surface area contributed by atoms with Crippen molar-refractivity contribution in [1.82, 2.24) is 4.90 Å². The van der Waals surface area contributed by atoms with E-state index >= 15 is 0 Å². The first-order valence-electron chi connectivity index (χ1n) is 7.99. The standard InChI is InChI=1S/C18H28N2O/c1-5-18(4,14-21)13-19-9-11-20(12-10-19)17-8-6-7-15(2)16(17)3/h6-8,14H,5,9-13H2,1-4H3. The van der Waals surface area contributed by atoms with E-state index in [0.29, 0.717) is 0 Å². The van der Waals surface area contributed by atoms with Crippen molar-refractivity contribution in [1.29, 1.82) is 0 Å². The highest BCUT2D eigenvalue weighted by Gasteiger charge is 2.27. The van der Waals surface area contributed by atoms with Crippen LogP contribution in [0.25, 0.3) is 0 Å². The number of hydrogen-bond acceptors (Lipinski definition) is 3. The van der Waals surface area contributed by atoms with Gasteiger partial charge in [0.25, 0.3) is 0 Å². The summed E-state index contributed by atoms with van der Waals surface area (Å²) < 4.78 is 0. The van der Waals surface area contributed by atoms with Crippen LogP contribution in [-0.2, 0) is 4.79 Å². The summed E-state index contributed by atoms with van der Waals surface area (Å²) in [6, 6.07) is 6.54. The van der Waals surface area contributed by atoms with Gasteiger partial charge >= 0.3 is 0 Å². The summed E-state index contributed by atoms with van der Waals surface area (Å²) in [5, 5.41) is 0. The third kappa shape index (κ3) is 3.65. The van der Waals surface area contributed by atoms with Gasteiger partial charge in [0, 0.05) is 43.8 Å². The molecular formula is C18H28N2O. The van der Waals surface area contributed by atoms with Gasteiger partial charge in [0.1, 0.15) is 6.29 Å². The first-order valence-corrected chi connectivity index (χ1v) is 7.99. The van der Waals surface area contributed by atoms with E-state index < -0.39 is 0 Å². The Balaban J connectivity index is 1.97. The summed E-state index contributed by atoms with van der Waals surface area (Å²) in [5.74, 6) is 0. The summed E-state index contributed by atoms with van der Waals surface area (Å²) >= 11 is 0. The molecule has 3 heteroatoms. The molecule has 0 aliphatic carbocycles. The minimum atomic E-state index is -0.193. The molecule has 0 amide bonds. The van der Waals surface area contributed by atoms with E-state index in [1.807, 2.05) is 0 Å². The lowest BCUT2D eigenvalue weighted by Crippen LogP contribution is -2.50. The number of benzene rings is 1. The third-order valence-corrected chi connectivity index (χ3v) is 4.97. The summed E-state index contributed by atoms with van der Waals surface area (Å²) in [4.78, 5) is 16.2. The Hall–Kier alpha value is -1.35. The molecule has 0 radical (unpaired) electrons. The van der Waals surface area contributed by atoms with Crippen molar-refractivity contribution in [2.45, 2.75) is 34.1 Å². The number of nitrogens with zero attached hydrogens (tertiary/aromatic N) is 2. The SMILES string of the molecule is CCC(C)(C=O)CN1CCN(c2cccc(C)c2C)CC1. The van der Waals surface area contributed by atoms with E-state index in [4.69, 9.17) is 0 Å². The van der Waals surface area contributed by atoms with Crippen molar-refractivity contribution in [3.05, 3.63) is 29.3 Å². The van der Waals surface area contributed by atoms with Crippen LogP contribution in [0, 0.1) is 19.3 Å². The lowest BCUT2D eigenvalue weighted by Gasteiger charge is -2.39. The van der Waals surface area contributed by atoms with Gasteiger partial charge in [-0.05, 0) is 37.5 Å². The van der Waals surface area contributed by atoms with Crippen LogP contribution in [0.1, 0.15) is 31.4 Å². The van der Waals surface area contributed by atoms with Crippen LogP contribution in [0.2, 0.25) is 0 Å². The molecule has 2 rings (SSSR count). The minimum absolute atomic E-state index is 0.193. The largest absolute Gasteiger partial charge is 0.369 e. The van der Waals surface area contributed by atoms with E-state index in [9.17, 15) is 4.79 Å². The molecule has 1 aromatic rings. The second-order valence-electron chi connectivity index (χ2n) is 6.61. The fraction of sp³-hybridized carbons (Fsp3) is 0.611. The predicted molar refractivity (Wildman–Crippen MR) is 89.0 cm³/mol. The Bertz CT molecular complexity index is 492. The minimum Gasteiger partial charge on any atom is -0.369 e. The van der Waals surface area contributed by atoms with Gasteiger partial charge in [-0.2, -0.15) is 0 Å². The average molecular weight is 288 g/mol. The van der Waals surface area contributed by atoms with Crippen LogP contribution in [0.5, 0.6) is 0 Å². The molecule has 0 spiro atoms. The fourth-order valence-corrected chi connectivity index (χ4v) is 2.97. The second kappa shape index (κ2) is 6.61. The van der Waals surface area contributed by atoms with Crippen molar-refractivity contribution in [3.63, 3.8) is 0 Å². The highest BCUT2D eigenvalue weighted by atomic mass is 16.1. The summed E-state index contributed by atoms with van der Waals surface area (Å²) in [5.41, 5.74) is 3.91. The van der Waals surface area contributed by atoms with Gasteiger partial charge in [-0.25, -0.2) is 0 Å². The second-order valence-corrected chi connectivity index (χ2v) is 6.61. The summed E-state index contributed by atoms with van der Waals surface area (Å²) in [6.07, 6.45) is 2.04. The summed E-state index contributed by atoms with van der Waals surface area (Å²) in [6.45, 7) is 13.6. The van der Waals surface area contributed by atoms with E-state index in [-0.39, 0.29) is 5.41 Å². The van der Waals surface area contributed by atoms with Crippen molar-refractivity contribution in [3.8, 4) is 0 Å². The molecule has 1 aliphatic rings. The maximum atomic E-state index is 11.3. The Morgan fingerprint density at radius 1 is 1.19 bits per heavy atom. The smallest absolute Gasteiger partial charge is 0.127 e. The van der Waals surface area contributed by atoms with Gasteiger partial charge < -0.3 is 9.69 Å². The highest BCUT2D eigenvalue weighted by molar-refractivity contribution is 5.59. The Labute approximate surface area is 128 Å². The molecule has 0 aromatic heterocycles. The van der Waals surface area contributed by atoms with Crippen molar-refractivity contribution < 1.29 is 4.79 Å². The van der Waals surface area contributed by atoms with E-state index in [2.05, 4.69) is 55.7 Å². The van der Waals surface area contributed by atoms with Crippen LogP contribution in [0.15, 0.2) is 18.2 Å². The number of hydrogen-bond donors (Lipinski definition) is 0. The fourth-order valence-electron chi connectivity index (χ4n) is 2.97. The molecule has 0 bridgehead atoms. The van der Waals surface area contributed by atoms with Crippen LogP contribution >= 0.6 is 0 Å². The molecule has 1 aromatic carbocycles. The Morgan fingerprint density at radius 3 is 2.43 bits per heavy atom. The van der Waals surface area contributed by atoms with Crippen molar-refractivity contribution in [2.75, 3.05) is 37.6 Å². The average Bonchev–Trinajstić information content (AvgIpc) is 2.51. The number of rotatable bonds is 5. The van der Waals surface area contributed by atoms with Gasteiger partial charge in [0.05, 0.1) is 0 Å². The molecule has 3 nitrogen and oxygen atoms in total. The van der Waals surface area contributed by atoms with Crippen LogP contribution in [-0.4, -0.2) is 43.9 Å². The normalized spacial score (nSPS) is 19.3. The van der Waals surface area contributed by atoms with Gasteiger partial charge in [-0.3, -0.25) is 4.90 Å². The number of anilines is 1. The van der Waals surface area contributed by atoms with E-state index in [1.54, 1.807) is 0 Å². The molecule has 1 heterocycles. The van der Waals surface area contributed by atoms with Gasteiger partial charge in [-0.1, -0.05) is 26.0 Å². The third-order valence-electron chi connectivity index (χ3n) is 4.97. The number of piperazine rings is 1. The molecule has 116 valence electrons. The first kappa shape index (κ1) is 16.0. The van der Waals surface area contributed by atoms with E-state index in [1.165, 1.54) is 16.8 Å². The maximum absolute atomic E-state index is 11.3. The summed E-state index contributed by atoms with van der Waals surface area (Å²) in [7, 11) is 0. The zero-order chi connectivity index (χ0) is 15.5. The van der Waals surface area contributed by atoms with Gasteiger partial charge in [-0.15, -0.1) is 0 Å². The first-order chi connectivity index (χ1) is 9.99. The molecule has 1 fully saturated rings. The van der Waals surface area contributed by atoms with Crippen LogP contribution in [0.3, 0.4) is 0 Å². The highest BCUT2D eigenvalue weighted by Crippen LogP contribution is 2.25. The quantitative estimate of drug-likeness (QED) is 0.778. The molecule has 1 unspecified atom stereocenters. The number of aryl methyl sites for hydroxylation is 1. The van der Waals surface area contributed by atoms with Gasteiger partial charge in [0.2, 0.25) is 0 Å². The van der Waals surface area contributed by atoms with Crippen molar-refractivity contribution >= 4 is 12.0 Å². The number of carbonyl (C=O) groups excluding carboxylic acids is 1. The number of carbonyl (C=O) groups is 1. The monoisotopic (exact) mass is 288 g/mol. The number of aldehydes is 1. The zero-order valence-electron chi connectivity index (χ0n) is 13.9. The Kier molecular flexibility index (Phi) is 5.04. The molecule has 1 aliphatic heterocycles. The predicted octanol–water partition coefficient (Wildman–Crippen LogP) is 3.04. The zero-order valence-corrected chi connectivity index (χ0v) is 13.9. The van der Waals surface area contributed by atoms with Crippen molar-refractivity contribution in [2.24, 2.45) is 5.41 Å². The molecule has 1 atom stereocenters. The van der Waals surface area contributed by atoms with Crippen LogP contribution in [0.4, 0.5) is 5.69 Å². The lowest BCUT2D eigenvalue weighted by molar-refractivity contribution is -0.116. The van der Waals surface area contributed by atoms with Crippen LogP contribution < -0.4 is 4.90 Å². The Morgan fingerprint density at radius 2 is 1.86 bits per heavy atom. The molecular weight excluding hydrogens is 260 g/mol. The molecule has 0 N–H and O–H groups in total. The molecule has 0 saturated carbocycles. The lowest BCUT2D eigenvalue weighted by atomic mass is 9.88.